The number of alkyl halides is 3. The van der Waals surface area contributed by atoms with Crippen molar-refractivity contribution in [2.45, 2.75) is 88.1 Å². The molecule has 0 unspecified atom stereocenters. The Labute approximate surface area is 221 Å². The Kier molecular flexibility index (Phi) is 8.12. The van der Waals surface area contributed by atoms with Crippen LogP contribution >= 0.6 is 0 Å². The minimum Gasteiger partial charge on any atom is -0.353 e. The van der Waals surface area contributed by atoms with E-state index in [-0.39, 0.29) is 17.9 Å². The number of hydrogen-bond acceptors (Lipinski definition) is 4. The third-order valence-electron chi connectivity index (χ3n) is 6.83. The number of nitrogens with zero attached hydrogens (tertiary/aromatic N) is 1. The van der Waals surface area contributed by atoms with E-state index in [9.17, 15) is 28.0 Å². The van der Waals surface area contributed by atoms with Crippen LogP contribution in [0.4, 0.5) is 13.2 Å². The van der Waals surface area contributed by atoms with E-state index in [1.165, 1.54) is 13.8 Å². The van der Waals surface area contributed by atoms with Gasteiger partial charge in [0.2, 0.25) is 11.8 Å². The van der Waals surface area contributed by atoms with Crippen LogP contribution in [0.1, 0.15) is 63.1 Å². The van der Waals surface area contributed by atoms with E-state index < -0.39 is 35.6 Å². The van der Waals surface area contributed by atoms with Crippen LogP contribution in [0, 0.1) is 11.3 Å². The molecule has 0 aliphatic heterocycles. The summed E-state index contributed by atoms with van der Waals surface area (Å²) in [5.41, 5.74) is 0.0325. The molecule has 38 heavy (non-hydrogen) atoms. The highest BCUT2D eigenvalue weighted by Gasteiger charge is 2.46. The van der Waals surface area contributed by atoms with Gasteiger partial charge in [-0.05, 0) is 61.8 Å². The minimum atomic E-state index is -2.86. The maximum atomic E-state index is 14.5. The van der Waals surface area contributed by atoms with E-state index in [0.29, 0.717) is 25.3 Å². The summed E-state index contributed by atoms with van der Waals surface area (Å²) in [7, 11) is 0. The molecule has 0 aromatic heterocycles. The molecule has 0 spiro atoms. The van der Waals surface area contributed by atoms with Gasteiger partial charge in [0.15, 0.2) is 0 Å². The predicted molar refractivity (Wildman–Crippen MR) is 138 cm³/mol. The molecule has 2 aliphatic carbocycles. The molecule has 4 rings (SSSR count). The molecule has 0 bridgehead atoms. The lowest BCUT2D eigenvalue weighted by Gasteiger charge is -2.29. The average molecular weight is 527 g/mol. The molecule has 2 saturated carbocycles. The molecule has 2 aromatic rings. The molecule has 2 atom stereocenters. The Bertz CT molecular complexity index is 1180. The second-order valence-corrected chi connectivity index (χ2v) is 11.0. The standard InChI is InChI=1S/C29H33F3N4O2/c1-28(2,32)16-23(27(38)36-29(17-33)13-14-29)35-25(26(30)31)21-9-7-20(8-10-21)19-5-3-18(4-6-19)15-24(37)34-22-11-12-22/h3-10,22-23,25-26,35H,11-16H2,1-2H3,(H,34,37)(H,36,38)/t23-,25-/m0/s1. The zero-order chi connectivity index (χ0) is 27.5. The molecule has 6 nitrogen and oxygen atoms in total. The van der Waals surface area contributed by atoms with Crippen molar-refractivity contribution in [3.8, 4) is 17.2 Å². The smallest absolute Gasteiger partial charge is 0.257 e. The van der Waals surface area contributed by atoms with Crippen molar-refractivity contribution in [1.29, 1.82) is 5.26 Å². The Hall–Kier alpha value is -3.38. The molecule has 2 aliphatic rings. The van der Waals surface area contributed by atoms with Gasteiger partial charge in [-0.1, -0.05) is 48.5 Å². The first-order valence-electron chi connectivity index (χ1n) is 12.9. The van der Waals surface area contributed by atoms with E-state index in [2.05, 4.69) is 16.0 Å². The minimum absolute atomic E-state index is 0.00167. The van der Waals surface area contributed by atoms with Gasteiger partial charge in [-0.2, -0.15) is 5.26 Å². The summed E-state index contributed by atoms with van der Waals surface area (Å²) in [4.78, 5) is 24.9. The highest BCUT2D eigenvalue weighted by molar-refractivity contribution is 5.83. The molecule has 3 N–H and O–H groups in total. The van der Waals surface area contributed by atoms with Gasteiger partial charge in [0.25, 0.3) is 6.43 Å². The van der Waals surface area contributed by atoms with Crippen LogP contribution in [0.5, 0.6) is 0 Å². The number of carbonyl (C=O) groups excluding carboxylic acids is 2. The molecular formula is C29H33F3N4O2. The summed E-state index contributed by atoms with van der Waals surface area (Å²) in [6.07, 6.45) is 0.151. The van der Waals surface area contributed by atoms with Gasteiger partial charge in [-0.3, -0.25) is 14.9 Å². The van der Waals surface area contributed by atoms with Crippen molar-refractivity contribution in [2.75, 3.05) is 0 Å². The van der Waals surface area contributed by atoms with Crippen LogP contribution < -0.4 is 16.0 Å². The first-order valence-corrected chi connectivity index (χ1v) is 12.9. The first kappa shape index (κ1) is 27.6. The molecule has 202 valence electrons. The monoisotopic (exact) mass is 526 g/mol. The van der Waals surface area contributed by atoms with Crippen LogP contribution in [0.3, 0.4) is 0 Å². The summed E-state index contributed by atoms with van der Waals surface area (Å²) >= 11 is 0. The molecule has 2 fully saturated rings. The van der Waals surface area contributed by atoms with Crippen molar-refractivity contribution in [1.82, 2.24) is 16.0 Å². The molecule has 9 heteroatoms. The number of rotatable bonds is 12. The normalized spacial score (nSPS) is 17.8. The van der Waals surface area contributed by atoms with Crippen molar-refractivity contribution in [3.05, 3.63) is 59.7 Å². The molecule has 2 aromatic carbocycles. The van der Waals surface area contributed by atoms with Crippen LogP contribution in [0.25, 0.3) is 11.1 Å². The summed E-state index contributed by atoms with van der Waals surface area (Å²) in [5, 5.41) is 17.5. The Balaban J connectivity index is 1.45. The van der Waals surface area contributed by atoms with Crippen molar-refractivity contribution >= 4 is 11.8 Å². The largest absolute Gasteiger partial charge is 0.353 e. The van der Waals surface area contributed by atoms with E-state index in [1.54, 1.807) is 24.3 Å². The zero-order valence-electron chi connectivity index (χ0n) is 21.6. The topological polar surface area (TPSA) is 94.0 Å². The Morgan fingerprint density at radius 3 is 2.11 bits per heavy atom. The van der Waals surface area contributed by atoms with E-state index in [0.717, 1.165) is 29.5 Å². The summed E-state index contributed by atoms with van der Waals surface area (Å²) in [6.45, 7) is 2.56. The Morgan fingerprint density at radius 1 is 1.05 bits per heavy atom. The van der Waals surface area contributed by atoms with Gasteiger partial charge in [-0.25, -0.2) is 13.2 Å². The number of nitriles is 1. The van der Waals surface area contributed by atoms with Crippen molar-refractivity contribution in [3.63, 3.8) is 0 Å². The average Bonchev–Trinajstić information content (AvgIpc) is 3.79. The molecule has 0 saturated heterocycles. The summed E-state index contributed by atoms with van der Waals surface area (Å²) < 4.78 is 42.8. The van der Waals surface area contributed by atoms with E-state index in [4.69, 9.17) is 0 Å². The first-order chi connectivity index (χ1) is 18.0. The molecule has 0 heterocycles. The summed E-state index contributed by atoms with van der Waals surface area (Å²) in [5.74, 6) is -0.666. The van der Waals surface area contributed by atoms with Gasteiger partial charge in [0.05, 0.1) is 24.6 Å². The van der Waals surface area contributed by atoms with Crippen LogP contribution in [0.15, 0.2) is 48.5 Å². The lowest BCUT2D eigenvalue weighted by Crippen LogP contribution is -2.52. The predicted octanol–water partition coefficient (Wildman–Crippen LogP) is 4.75. The third-order valence-corrected chi connectivity index (χ3v) is 6.83. The molecule has 0 radical (unpaired) electrons. The van der Waals surface area contributed by atoms with Gasteiger partial charge >= 0.3 is 0 Å². The number of hydrogen-bond donors (Lipinski definition) is 3. The van der Waals surface area contributed by atoms with Gasteiger partial charge in [-0.15, -0.1) is 0 Å². The van der Waals surface area contributed by atoms with Crippen molar-refractivity contribution in [2.24, 2.45) is 0 Å². The van der Waals surface area contributed by atoms with Crippen LogP contribution in [0.2, 0.25) is 0 Å². The van der Waals surface area contributed by atoms with Gasteiger partial charge < -0.3 is 10.6 Å². The fourth-order valence-electron chi connectivity index (χ4n) is 4.35. The second kappa shape index (κ2) is 11.2. The maximum absolute atomic E-state index is 14.5. The maximum Gasteiger partial charge on any atom is 0.257 e. The lowest BCUT2D eigenvalue weighted by molar-refractivity contribution is -0.125. The fourth-order valence-corrected chi connectivity index (χ4v) is 4.35. The highest BCUT2D eigenvalue weighted by atomic mass is 19.3. The van der Waals surface area contributed by atoms with Crippen molar-refractivity contribution < 1.29 is 22.8 Å². The quantitative estimate of drug-likeness (QED) is 0.372. The highest BCUT2D eigenvalue weighted by Crippen LogP contribution is 2.35. The summed E-state index contributed by atoms with van der Waals surface area (Å²) in [6, 6.07) is 13.6. The third kappa shape index (κ3) is 7.57. The molecular weight excluding hydrogens is 493 g/mol. The second-order valence-electron chi connectivity index (χ2n) is 11.0. The number of amides is 2. The zero-order valence-corrected chi connectivity index (χ0v) is 21.6. The van der Waals surface area contributed by atoms with Crippen LogP contribution in [-0.4, -0.2) is 41.5 Å². The van der Waals surface area contributed by atoms with Gasteiger partial charge in [0, 0.05) is 12.5 Å². The SMILES string of the molecule is CC(C)(F)C[C@H](N[C@@H](c1ccc(-c2ccc(CC(=O)NC3CC3)cc2)cc1)C(F)F)C(=O)NC1(C#N)CC1. The van der Waals surface area contributed by atoms with Crippen LogP contribution in [-0.2, 0) is 16.0 Å². The number of carbonyl (C=O) groups is 2. The number of halogens is 3. The Morgan fingerprint density at radius 2 is 1.63 bits per heavy atom. The number of benzene rings is 2. The number of nitrogens with one attached hydrogen (secondary N) is 3. The van der Waals surface area contributed by atoms with Gasteiger partial charge in [0.1, 0.15) is 11.2 Å². The molecule has 2 amide bonds. The lowest BCUT2D eigenvalue weighted by atomic mass is 9.96. The fraction of sp³-hybridized carbons (Fsp3) is 0.483. The van der Waals surface area contributed by atoms with E-state index in [1.807, 2.05) is 30.3 Å². The van der Waals surface area contributed by atoms with E-state index >= 15 is 0 Å².